The molecule has 1 aliphatic carbocycles. The summed E-state index contributed by atoms with van der Waals surface area (Å²) in [6.45, 7) is -0.412. The highest BCUT2D eigenvalue weighted by molar-refractivity contribution is 5.94. The Morgan fingerprint density at radius 1 is 1.40 bits per heavy atom. The highest BCUT2D eigenvalue weighted by atomic mass is 16.6. The van der Waals surface area contributed by atoms with Crippen LogP contribution < -0.4 is 4.90 Å². The first-order valence-electron chi connectivity index (χ1n) is 6.12. The molecule has 0 saturated heterocycles. The lowest BCUT2D eigenvalue weighted by Crippen LogP contribution is -2.31. The Bertz CT molecular complexity index is 531. The van der Waals surface area contributed by atoms with Crippen LogP contribution in [0.3, 0.4) is 0 Å². The van der Waals surface area contributed by atoms with Crippen molar-refractivity contribution < 1.29 is 19.2 Å². The van der Waals surface area contributed by atoms with E-state index in [1.54, 1.807) is 31.3 Å². The number of hydrogen-bond donors (Lipinski definition) is 0. The van der Waals surface area contributed by atoms with Gasteiger partial charge in [-0.2, -0.15) is 0 Å². The molecule has 1 fully saturated rings. The first-order chi connectivity index (χ1) is 9.50. The van der Waals surface area contributed by atoms with Gasteiger partial charge in [0.15, 0.2) is 6.61 Å². The fraction of sp³-hybridized carbons (Fsp3) is 0.385. The maximum absolute atomic E-state index is 11.8. The molecule has 2 unspecified atom stereocenters. The van der Waals surface area contributed by atoms with E-state index in [1.165, 1.54) is 4.90 Å². The lowest BCUT2D eigenvalue weighted by atomic mass is 10.3. The molecule has 7 heteroatoms. The average molecular weight is 278 g/mol. The number of esters is 1. The molecule has 0 radical (unpaired) electrons. The Hall–Kier alpha value is -2.44. The third-order valence-electron chi connectivity index (χ3n) is 3.19. The van der Waals surface area contributed by atoms with E-state index in [2.05, 4.69) is 0 Å². The van der Waals surface area contributed by atoms with Gasteiger partial charge in [0.1, 0.15) is 5.92 Å². The van der Waals surface area contributed by atoms with Gasteiger partial charge in [-0.25, -0.2) is 0 Å². The molecule has 1 aromatic rings. The van der Waals surface area contributed by atoms with Gasteiger partial charge >= 0.3 is 5.97 Å². The molecule has 7 nitrogen and oxygen atoms in total. The maximum atomic E-state index is 11.8. The van der Waals surface area contributed by atoms with Gasteiger partial charge in [-0.3, -0.25) is 19.7 Å². The predicted molar refractivity (Wildman–Crippen MR) is 69.7 cm³/mol. The number of rotatable bonds is 5. The zero-order valence-electron chi connectivity index (χ0n) is 10.9. The Labute approximate surface area is 115 Å². The average Bonchev–Trinajstić information content (AvgIpc) is 3.25. The van der Waals surface area contributed by atoms with E-state index in [0.29, 0.717) is 5.69 Å². The molecule has 0 aliphatic heterocycles. The first kappa shape index (κ1) is 14.0. The SMILES string of the molecule is CN(C(=O)COC(=O)C1CC1[N+](=O)[O-])c1ccccc1. The number of amides is 1. The largest absolute Gasteiger partial charge is 0.455 e. The third-order valence-corrected chi connectivity index (χ3v) is 3.19. The Morgan fingerprint density at radius 2 is 2.05 bits per heavy atom. The minimum absolute atomic E-state index is 0.189. The molecule has 0 bridgehead atoms. The van der Waals surface area contributed by atoms with Crippen LogP contribution in [-0.2, 0) is 14.3 Å². The second kappa shape index (κ2) is 5.68. The van der Waals surface area contributed by atoms with E-state index in [9.17, 15) is 19.7 Å². The van der Waals surface area contributed by atoms with Crippen LogP contribution in [-0.4, -0.2) is 36.5 Å². The number of carbonyl (C=O) groups is 2. The second-order valence-electron chi connectivity index (χ2n) is 4.59. The van der Waals surface area contributed by atoms with Crippen molar-refractivity contribution in [2.24, 2.45) is 5.92 Å². The Morgan fingerprint density at radius 3 is 2.60 bits per heavy atom. The lowest BCUT2D eigenvalue weighted by Gasteiger charge is -2.16. The molecular weight excluding hydrogens is 264 g/mol. The number of ether oxygens (including phenoxy) is 1. The number of hydrogen-bond acceptors (Lipinski definition) is 5. The molecule has 1 aromatic carbocycles. The highest BCUT2D eigenvalue weighted by Gasteiger charge is 2.54. The van der Waals surface area contributed by atoms with Crippen LogP contribution in [0, 0.1) is 16.0 Å². The van der Waals surface area contributed by atoms with Crippen molar-refractivity contribution in [2.45, 2.75) is 12.5 Å². The van der Waals surface area contributed by atoms with Gasteiger partial charge in [0.2, 0.25) is 6.04 Å². The molecule has 2 atom stereocenters. The summed E-state index contributed by atoms with van der Waals surface area (Å²) in [7, 11) is 1.57. The van der Waals surface area contributed by atoms with Gasteiger partial charge in [0.25, 0.3) is 5.91 Å². The van der Waals surface area contributed by atoms with Crippen molar-refractivity contribution in [1.29, 1.82) is 0 Å². The number of likely N-dealkylation sites (N-methyl/N-ethyl adjacent to an activating group) is 1. The summed E-state index contributed by atoms with van der Waals surface area (Å²) in [6.07, 6.45) is 0.189. The van der Waals surface area contributed by atoms with Crippen LogP contribution in [0.4, 0.5) is 5.69 Å². The summed E-state index contributed by atoms with van der Waals surface area (Å²) < 4.78 is 4.82. The minimum Gasteiger partial charge on any atom is -0.455 e. The number of carbonyl (C=O) groups excluding carboxylic acids is 2. The topological polar surface area (TPSA) is 89.8 Å². The molecule has 0 spiro atoms. The number of para-hydroxylation sites is 1. The molecule has 0 heterocycles. The summed E-state index contributed by atoms with van der Waals surface area (Å²) in [5.74, 6) is -1.77. The van der Waals surface area contributed by atoms with Gasteiger partial charge in [0, 0.05) is 24.1 Å². The van der Waals surface area contributed by atoms with E-state index < -0.39 is 29.5 Å². The molecule has 1 saturated carbocycles. The smallest absolute Gasteiger partial charge is 0.316 e. The number of anilines is 1. The van der Waals surface area contributed by atoms with Crippen LogP contribution in [0.15, 0.2) is 30.3 Å². The van der Waals surface area contributed by atoms with Crippen molar-refractivity contribution >= 4 is 17.6 Å². The van der Waals surface area contributed by atoms with Crippen molar-refractivity contribution in [1.82, 2.24) is 0 Å². The minimum atomic E-state index is -0.857. The van der Waals surface area contributed by atoms with Crippen LogP contribution in [0.25, 0.3) is 0 Å². The van der Waals surface area contributed by atoms with Gasteiger partial charge in [-0.05, 0) is 12.1 Å². The van der Waals surface area contributed by atoms with Crippen LogP contribution >= 0.6 is 0 Å². The van der Waals surface area contributed by atoms with E-state index in [1.807, 2.05) is 6.07 Å². The van der Waals surface area contributed by atoms with Crippen LogP contribution in [0.5, 0.6) is 0 Å². The van der Waals surface area contributed by atoms with Crippen LogP contribution in [0.2, 0.25) is 0 Å². The Balaban J connectivity index is 1.81. The summed E-state index contributed by atoms with van der Waals surface area (Å²) in [5.41, 5.74) is 0.683. The summed E-state index contributed by atoms with van der Waals surface area (Å²) in [4.78, 5) is 34.6. The predicted octanol–water partition coefficient (Wildman–Crippen LogP) is 0.858. The molecule has 106 valence electrons. The molecule has 0 aromatic heterocycles. The van der Waals surface area contributed by atoms with E-state index >= 15 is 0 Å². The van der Waals surface area contributed by atoms with Crippen molar-refractivity contribution in [3.05, 3.63) is 40.4 Å². The molecular formula is C13H14N2O5. The fourth-order valence-electron chi connectivity index (χ4n) is 1.80. The zero-order valence-corrected chi connectivity index (χ0v) is 10.9. The molecule has 1 amide bonds. The van der Waals surface area contributed by atoms with Crippen LogP contribution in [0.1, 0.15) is 6.42 Å². The Kier molecular flexibility index (Phi) is 3.97. The van der Waals surface area contributed by atoms with Crippen molar-refractivity contribution in [3.8, 4) is 0 Å². The highest BCUT2D eigenvalue weighted by Crippen LogP contribution is 2.34. The summed E-state index contributed by atoms with van der Waals surface area (Å²) in [6, 6.07) is 8.05. The van der Waals surface area contributed by atoms with Gasteiger partial charge in [-0.1, -0.05) is 18.2 Å². The van der Waals surface area contributed by atoms with E-state index in [4.69, 9.17) is 4.74 Å². The number of nitro groups is 1. The van der Waals surface area contributed by atoms with Gasteiger partial charge in [0.05, 0.1) is 0 Å². The number of nitrogens with zero attached hydrogens (tertiary/aromatic N) is 2. The molecule has 2 rings (SSSR count). The first-order valence-corrected chi connectivity index (χ1v) is 6.12. The van der Waals surface area contributed by atoms with Gasteiger partial charge < -0.3 is 9.64 Å². The second-order valence-corrected chi connectivity index (χ2v) is 4.59. The third kappa shape index (κ3) is 3.11. The van der Waals surface area contributed by atoms with Crippen molar-refractivity contribution in [3.63, 3.8) is 0 Å². The quantitative estimate of drug-likeness (QED) is 0.452. The normalized spacial score (nSPS) is 20.1. The standard InChI is InChI=1S/C13H14N2O5/c1-14(9-5-3-2-4-6-9)12(16)8-20-13(17)10-7-11(10)15(18)19/h2-6,10-11H,7-8H2,1H3. The van der Waals surface area contributed by atoms with Crippen molar-refractivity contribution in [2.75, 3.05) is 18.6 Å². The number of benzene rings is 1. The zero-order chi connectivity index (χ0) is 14.7. The van der Waals surface area contributed by atoms with E-state index in [-0.39, 0.29) is 12.3 Å². The monoisotopic (exact) mass is 278 g/mol. The lowest BCUT2D eigenvalue weighted by molar-refractivity contribution is -0.497. The summed E-state index contributed by atoms with van der Waals surface area (Å²) in [5, 5.41) is 10.4. The maximum Gasteiger partial charge on any atom is 0.316 e. The molecule has 20 heavy (non-hydrogen) atoms. The molecule has 1 aliphatic rings. The van der Waals surface area contributed by atoms with Gasteiger partial charge in [-0.15, -0.1) is 0 Å². The summed E-state index contributed by atoms with van der Waals surface area (Å²) >= 11 is 0. The van der Waals surface area contributed by atoms with E-state index in [0.717, 1.165) is 0 Å². The fourth-order valence-corrected chi connectivity index (χ4v) is 1.80. The molecule has 0 N–H and O–H groups in total.